The molecule has 0 aliphatic carbocycles. The van der Waals surface area contributed by atoms with Crippen molar-refractivity contribution in [2.45, 2.75) is 20.4 Å². The Hall–Kier alpha value is -3.42. The fraction of sp³-hybridized carbons (Fsp3) is 0.348. The number of rotatable bonds is 8. The van der Waals surface area contributed by atoms with Crippen LogP contribution in [-0.2, 0) is 6.54 Å². The predicted octanol–water partition coefficient (Wildman–Crippen LogP) is 2.32. The molecule has 7 nitrogen and oxygen atoms in total. The Labute approximate surface area is 182 Å². The highest BCUT2D eigenvalue weighted by Gasteiger charge is 2.08. The molecule has 166 valence electrons. The fourth-order valence-electron chi connectivity index (χ4n) is 2.72. The highest BCUT2D eigenvalue weighted by atomic mass is 19.1. The highest BCUT2D eigenvalue weighted by molar-refractivity contribution is 5.94. The van der Waals surface area contributed by atoms with Crippen LogP contribution >= 0.6 is 0 Å². The van der Waals surface area contributed by atoms with Gasteiger partial charge in [0.2, 0.25) is 0 Å². The molecular formula is C23H30FN5O2. The van der Waals surface area contributed by atoms with E-state index in [1.54, 1.807) is 45.3 Å². The average molecular weight is 428 g/mol. The Morgan fingerprint density at radius 3 is 2.23 bits per heavy atom. The molecule has 3 N–H and O–H groups in total. The second-order valence-corrected chi connectivity index (χ2v) is 7.24. The third kappa shape index (κ3) is 7.40. The van der Waals surface area contributed by atoms with Gasteiger partial charge < -0.3 is 20.9 Å². The number of halogens is 1. The lowest BCUT2D eigenvalue weighted by Crippen LogP contribution is -2.41. The standard InChI is InChI=1S/C23H30FN5O2/c1-5-25-23(28-15-17-7-10-18(11-8-17)22(31)29(3)4)27-13-12-26-21(30)19-9-6-16(2)20(24)14-19/h6-11,14H,5,12-13,15H2,1-4H3,(H,26,30)(H2,25,27,28). The first-order valence-electron chi connectivity index (χ1n) is 10.2. The quantitative estimate of drug-likeness (QED) is 0.343. The summed E-state index contributed by atoms with van der Waals surface area (Å²) in [5.41, 5.74) is 2.40. The Balaban J connectivity index is 1.85. The molecule has 0 aromatic heterocycles. The summed E-state index contributed by atoms with van der Waals surface area (Å²) in [5.74, 6) is -0.145. The number of carbonyl (C=O) groups is 2. The minimum absolute atomic E-state index is 0.0412. The van der Waals surface area contributed by atoms with Crippen molar-refractivity contribution in [3.63, 3.8) is 0 Å². The number of amides is 2. The average Bonchev–Trinajstić information content (AvgIpc) is 2.76. The molecule has 0 heterocycles. The molecule has 8 heteroatoms. The third-order valence-electron chi connectivity index (χ3n) is 4.51. The van der Waals surface area contributed by atoms with Gasteiger partial charge in [-0.1, -0.05) is 18.2 Å². The monoisotopic (exact) mass is 427 g/mol. The molecule has 0 fully saturated rings. The number of hydrogen-bond acceptors (Lipinski definition) is 3. The molecule has 0 aliphatic heterocycles. The molecule has 0 bridgehead atoms. The third-order valence-corrected chi connectivity index (χ3v) is 4.51. The Morgan fingerprint density at radius 1 is 0.968 bits per heavy atom. The van der Waals surface area contributed by atoms with Crippen molar-refractivity contribution in [1.29, 1.82) is 0 Å². The van der Waals surface area contributed by atoms with Crippen LogP contribution in [0.2, 0.25) is 0 Å². The van der Waals surface area contributed by atoms with Gasteiger partial charge in [0.1, 0.15) is 5.82 Å². The van der Waals surface area contributed by atoms with E-state index in [1.165, 1.54) is 11.0 Å². The number of benzene rings is 2. The minimum Gasteiger partial charge on any atom is -0.357 e. The van der Waals surface area contributed by atoms with Crippen molar-refractivity contribution in [2.75, 3.05) is 33.7 Å². The van der Waals surface area contributed by atoms with Crippen molar-refractivity contribution >= 4 is 17.8 Å². The molecule has 0 unspecified atom stereocenters. The maximum absolute atomic E-state index is 13.6. The summed E-state index contributed by atoms with van der Waals surface area (Å²) in [4.78, 5) is 30.1. The maximum Gasteiger partial charge on any atom is 0.253 e. The van der Waals surface area contributed by atoms with Crippen molar-refractivity contribution in [1.82, 2.24) is 20.9 Å². The van der Waals surface area contributed by atoms with Gasteiger partial charge in [0.15, 0.2) is 5.96 Å². The van der Waals surface area contributed by atoms with Crippen LogP contribution < -0.4 is 16.0 Å². The highest BCUT2D eigenvalue weighted by Crippen LogP contribution is 2.09. The number of carbonyl (C=O) groups excluding carboxylic acids is 2. The number of nitrogens with one attached hydrogen (secondary N) is 3. The summed E-state index contributed by atoms with van der Waals surface area (Å²) >= 11 is 0. The van der Waals surface area contributed by atoms with Gasteiger partial charge in [-0.3, -0.25) is 9.59 Å². The summed E-state index contributed by atoms with van der Waals surface area (Å²) < 4.78 is 13.6. The molecule has 2 aromatic rings. The van der Waals surface area contributed by atoms with Gasteiger partial charge in [-0.25, -0.2) is 9.38 Å². The minimum atomic E-state index is -0.397. The topological polar surface area (TPSA) is 85.8 Å². The van der Waals surface area contributed by atoms with Crippen LogP contribution in [0, 0.1) is 12.7 Å². The van der Waals surface area contributed by atoms with Gasteiger partial charge in [0, 0.05) is 44.9 Å². The van der Waals surface area contributed by atoms with Gasteiger partial charge in [-0.2, -0.15) is 0 Å². The molecule has 2 aromatic carbocycles. The molecule has 0 saturated heterocycles. The van der Waals surface area contributed by atoms with Crippen molar-refractivity contribution in [3.05, 3.63) is 70.5 Å². The van der Waals surface area contributed by atoms with Gasteiger partial charge in [0.05, 0.1) is 6.54 Å². The van der Waals surface area contributed by atoms with Crippen LogP contribution in [0.15, 0.2) is 47.5 Å². The Morgan fingerprint density at radius 2 is 1.61 bits per heavy atom. The largest absolute Gasteiger partial charge is 0.357 e. The molecule has 0 saturated carbocycles. The van der Waals surface area contributed by atoms with Crippen molar-refractivity contribution in [2.24, 2.45) is 4.99 Å². The molecule has 0 atom stereocenters. The van der Waals surface area contributed by atoms with E-state index < -0.39 is 5.82 Å². The van der Waals surface area contributed by atoms with E-state index >= 15 is 0 Å². The van der Waals surface area contributed by atoms with Crippen molar-refractivity contribution in [3.8, 4) is 0 Å². The van der Waals surface area contributed by atoms with E-state index in [1.807, 2.05) is 19.1 Å². The first-order chi connectivity index (χ1) is 14.8. The second-order valence-electron chi connectivity index (χ2n) is 7.24. The molecular weight excluding hydrogens is 397 g/mol. The fourth-order valence-corrected chi connectivity index (χ4v) is 2.72. The van der Waals surface area contributed by atoms with E-state index in [0.717, 1.165) is 5.56 Å². The predicted molar refractivity (Wildman–Crippen MR) is 121 cm³/mol. The maximum atomic E-state index is 13.6. The number of aryl methyl sites for hydroxylation is 1. The summed E-state index contributed by atoms with van der Waals surface area (Å²) in [6.45, 7) is 5.58. The first-order valence-corrected chi connectivity index (χ1v) is 10.2. The smallest absolute Gasteiger partial charge is 0.253 e. The molecule has 2 amide bonds. The van der Waals surface area contributed by atoms with Gasteiger partial charge in [-0.15, -0.1) is 0 Å². The molecule has 31 heavy (non-hydrogen) atoms. The van der Waals surface area contributed by atoms with Gasteiger partial charge in [0.25, 0.3) is 11.8 Å². The number of aliphatic imine (C=N–C) groups is 1. The number of nitrogens with zero attached hydrogens (tertiary/aromatic N) is 2. The Bertz CT molecular complexity index is 926. The van der Waals surface area contributed by atoms with E-state index in [2.05, 4.69) is 20.9 Å². The normalized spacial score (nSPS) is 11.1. The van der Waals surface area contributed by atoms with E-state index in [0.29, 0.717) is 48.8 Å². The van der Waals surface area contributed by atoms with Crippen LogP contribution in [0.1, 0.15) is 38.8 Å². The molecule has 0 spiro atoms. The van der Waals surface area contributed by atoms with Crippen LogP contribution in [0.25, 0.3) is 0 Å². The zero-order valence-corrected chi connectivity index (χ0v) is 18.5. The summed E-state index contributed by atoms with van der Waals surface area (Å²) in [5, 5.41) is 9.05. The van der Waals surface area contributed by atoms with Crippen molar-refractivity contribution < 1.29 is 14.0 Å². The van der Waals surface area contributed by atoms with Crippen LogP contribution in [0.4, 0.5) is 4.39 Å². The van der Waals surface area contributed by atoms with Crippen LogP contribution in [0.5, 0.6) is 0 Å². The zero-order chi connectivity index (χ0) is 22.8. The molecule has 0 aliphatic rings. The lowest BCUT2D eigenvalue weighted by Gasteiger charge is -2.12. The Kier molecular flexibility index (Phi) is 8.99. The van der Waals surface area contributed by atoms with E-state index in [9.17, 15) is 14.0 Å². The van der Waals surface area contributed by atoms with E-state index in [4.69, 9.17) is 0 Å². The SMILES string of the molecule is CCNC(=NCc1ccc(C(=O)N(C)C)cc1)NCCNC(=O)c1ccc(C)c(F)c1. The van der Waals surface area contributed by atoms with Gasteiger partial charge >= 0.3 is 0 Å². The van der Waals surface area contributed by atoms with E-state index in [-0.39, 0.29) is 11.8 Å². The second kappa shape index (κ2) is 11.7. The lowest BCUT2D eigenvalue weighted by molar-refractivity contribution is 0.0827. The van der Waals surface area contributed by atoms with Crippen LogP contribution in [-0.4, -0.2) is 56.4 Å². The molecule has 0 radical (unpaired) electrons. The number of guanidine groups is 1. The zero-order valence-electron chi connectivity index (χ0n) is 18.5. The number of hydrogen-bond donors (Lipinski definition) is 3. The summed E-state index contributed by atoms with van der Waals surface area (Å²) in [6, 6.07) is 11.8. The van der Waals surface area contributed by atoms with Crippen LogP contribution in [0.3, 0.4) is 0 Å². The van der Waals surface area contributed by atoms with Gasteiger partial charge in [-0.05, 0) is 49.2 Å². The lowest BCUT2D eigenvalue weighted by atomic mass is 10.1. The summed E-state index contributed by atoms with van der Waals surface area (Å²) in [7, 11) is 3.44. The first kappa shape index (κ1) is 23.9. The summed E-state index contributed by atoms with van der Waals surface area (Å²) in [6.07, 6.45) is 0. The molecule has 2 rings (SSSR count).